The topological polar surface area (TPSA) is 116 Å². The number of hydrogen-bond donors (Lipinski definition) is 4. The van der Waals surface area contributed by atoms with E-state index in [9.17, 15) is 25.2 Å². The van der Waals surface area contributed by atoms with E-state index in [1.165, 1.54) is 6.92 Å². The molecule has 0 saturated heterocycles. The van der Waals surface area contributed by atoms with Gasteiger partial charge in [0.15, 0.2) is 0 Å². The lowest BCUT2D eigenvalue weighted by molar-refractivity contribution is -0.305. The Morgan fingerprint density at radius 3 is 2.46 bits per heavy atom. The highest BCUT2D eigenvalue weighted by atomic mass is 17.2. The minimum absolute atomic E-state index is 0.130. The van der Waals surface area contributed by atoms with Crippen molar-refractivity contribution in [3.8, 4) is 0 Å². The van der Waals surface area contributed by atoms with Gasteiger partial charge in [0.05, 0.1) is 17.8 Å². The Morgan fingerprint density at radius 1 is 1.21 bits per heavy atom. The minimum Gasteiger partial charge on any atom is -0.392 e. The molecule has 158 valence electrons. The average molecular weight is 396 g/mol. The van der Waals surface area contributed by atoms with Crippen LogP contribution in [0.3, 0.4) is 0 Å². The van der Waals surface area contributed by atoms with E-state index in [-0.39, 0.29) is 12.8 Å². The third-order valence-corrected chi connectivity index (χ3v) is 7.34. The van der Waals surface area contributed by atoms with Crippen LogP contribution < -0.4 is 0 Å². The number of carbonyl (C=O) groups excluding carboxylic acids is 1. The standard InChI is InChI=1S/C21H32O7/c1-11-6-7-21(26)10-13-8-14(28-27-12(2)22)9-15(23)20(13,5)18(25)17(24)16(11)19(21,3)4/h10,14-15,17-18,23-26H,6-9H2,1-5H3/b13-10-/t14?,15-,17+,18+,20-,21+/m0/s1. The van der Waals surface area contributed by atoms with Gasteiger partial charge in [0, 0.05) is 24.2 Å². The van der Waals surface area contributed by atoms with Crippen molar-refractivity contribution in [1.29, 1.82) is 0 Å². The number of aliphatic hydroxyl groups is 4. The van der Waals surface area contributed by atoms with Crippen LogP contribution in [-0.2, 0) is 14.6 Å². The Labute approximate surface area is 165 Å². The van der Waals surface area contributed by atoms with Gasteiger partial charge in [-0.15, -0.1) is 0 Å². The van der Waals surface area contributed by atoms with Gasteiger partial charge in [0.25, 0.3) is 0 Å². The van der Waals surface area contributed by atoms with Crippen LogP contribution >= 0.6 is 0 Å². The number of carbonyl (C=O) groups is 1. The maximum Gasteiger partial charge on any atom is 0.339 e. The van der Waals surface area contributed by atoms with Gasteiger partial charge < -0.3 is 20.4 Å². The third-order valence-electron chi connectivity index (χ3n) is 7.34. The van der Waals surface area contributed by atoms with Gasteiger partial charge in [0.2, 0.25) is 0 Å². The fraction of sp³-hybridized carbons (Fsp3) is 0.762. The van der Waals surface area contributed by atoms with Crippen molar-refractivity contribution in [3.05, 3.63) is 22.8 Å². The summed E-state index contributed by atoms with van der Waals surface area (Å²) in [6.07, 6.45) is -0.907. The first-order chi connectivity index (χ1) is 12.8. The Hall–Kier alpha value is -1.25. The highest BCUT2D eigenvalue weighted by molar-refractivity contribution is 5.65. The van der Waals surface area contributed by atoms with Crippen LogP contribution in [0.2, 0.25) is 0 Å². The minimum atomic E-state index is -1.25. The maximum atomic E-state index is 11.6. The fourth-order valence-corrected chi connectivity index (χ4v) is 5.31. The van der Waals surface area contributed by atoms with Crippen LogP contribution in [0.25, 0.3) is 0 Å². The molecule has 7 heteroatoms. The summed E-state index contributed by atoms with van der Waals surface area (Å²) in [5.41, 5.74) is -1.01. The number of hydrogen-bond acceptors (Lipinski definition) is 7. The van der Waals surface area contributed by atoms with Crippen molar-refractivity contribution < 1.29 is 35.0 Å². The molecular formula is C21H32O7. The van der Waals surface area contributed by atoms with Gasteiger partial charge in [-0.1, -0.05) is 38.0 Å². The molecule has 6 atom stereocenters. The molecule has 3 aliphatic carbocycles. The van der Waals surface area contributed by atoms with E-state index in [1.54, 1.807) is 13.0 Å². The summed E-state index contributed by atoms with van der Waals surface area (Å²) in [6.45, 7) is 8.58. The van der Waals surface area contributed by atoms with Crippen LogP contribution in [0.1, 0.15) is 60.3 Å². The van der Waals surface area contributed by atoms with Crippen LogP contribution in [0, 0.1) is 10.8 Å². The van der Waals surface area contributed by atoms with Crippen LogP contribution in [0.15, 0.2) is 22.8 Å². The summed E-state index contributed by atoms with van der Waals surface area (Å²) in [6, 6.07) is 0. The van der Waals surface area contributed by atoms with Crippen molar-refractivity contribution >= 4 is 5.97 Å². The predicted octanol–water partition coefficient (Wildman–Crippen LogP) is 1.54. The molecule has 0 radical (unpaired) electrons. The molecule has 1 saturated carbocycles. The van der Waals surface area contributed by atoms with Gasteiger partial charge in [-0.25, -0.2) is 4.79 Å². The molecule has 7 nitrogen and oxygen atoms in total. The largest absolute Gasteiger partial charge is 0.392 e. The van der Waals surface area contributed by atoms with Gasteiger partial charge in [-0.2, -0.15) is 4.89 Å². The lowest BCUT2D eigenvalue weighted by atomic mass is 9.53. The molecule has 0 aromatic rings. The van der Waals surface area contributed by atoms with Crippen LogP contribution in [-0.4, -0.2) is 56.4 Å². The molecule has 28 heavy (non-hydrogen) atoms. The van der Waals surface area contributed by atoms with E-state index in [2.05, 4.69) is 4.89 Å². The van der Waals surface area contributed by atoms with E-state index >= 15 is 0 Å². The molecule has 3 rings (SSSR count). The van der Waals surface area contributed by atoms with Crippen LogP contribution in [0.4, 0.5) is 0 Å². The summed E-state index contributed by atoms with van der Waals surface area (Å²) in [5.74, 6) is -0.595. The molecule has 0 heterocycles. The van der Waals surface area contributed by atoms with Crippen molar-refractivity contribution in [3.63, 3.8) is 0 Å². The first kappa shape index (κ1) is 21.5. The van der Waals surface area contributed by atoms with Crippen molar-refractivity contribution in [2.45, 2.75) is 90.3 Å². The molecule has 0 aromatic heterocycles. The zero-order chi connectivity index (χ0) is 21.1. The smallest absolute Gasteiger partial charge is 0.339 e. The van der Waals surface area contributed by atoms with Crippen molar-refractivity contribution in [2.24, 2.45) is 10.8 Å². The van der Waals surface area contributed by atoms with Crippen molar-refractivity contribution in [1.82, 2.24) is 0 Å². The second kappa shape index (κ2) is 6.92. The molecule has 0 aliphatic heterocycles. The summed E-state index contributed by atoms with van der Waals surface area (Å²) in [7, 11) is 0. The van der Waals surface area contributed by atoms with Crippen LogP contribution in [0.5, 0.6) is 0 Å². The molecule has 2 bridgehead atoms. The van der Waals surface area contributed by atoms with Gasteiger partial charge in [-0.05, 0) is 31.8 Å². The quantitative estimate of drug-likeness (QED) is 0.318. The average Bonchev–Trinajstić information content (AvgIpc) is 2.59. The Morgan fingerprint density at radius 2 is 1.86 bits per heavy atom. The van der Waals surface area contributed by atoms with Gasteiger partial charge in [-0.3, -0.25) is 4.89 Å². The van der Waals surface area contributed by atoms with E-state index in [0.717, 1.165) is 5.57 Å². The summed E-state index contributed by atoms with van der Waals surface area (Å²) >= 11 is 0. The number of aliphatic hydroxyl groups excluding tert-OH is 3. The van der Waals surface area contributed by atoms with E-state index < -0.39 is 46.8 Å². The van der Waals surface area contributed by atoms with E-state index in [1.807, 2.05) is 20.8 Å². The molecule has 3 aliphatic rings. The number of allylic oxidation sites excluding steroid dienone is 1. The second-order valence-electron chi connectivity index (χ2n) is 9.33. The monoisotopic (exact) mass is 396 g/mol. The fourth-order valence-electron chi connectivity index (χ4n) is 5.31. The first-order valence-corrected chi connectivity index (χ1v) is 9.87. The molecule has 0 spiro atoms. The van der Waals surface area contributed by atoms with E-state index in [4.69, 9.17) is 4.89 Å². The van der Waals surface area contributed by atoms with Gasteiger partial charge >= 0.3 is 5.97 Å². The summed E-state index contributed by atoms with van der Waals surface area (Å²) < 4.78 is 0. The van der Waals surface area contributed by atoms with Crippen molar-refractivity contribution in [2.75, 3.05) is 0 Å². The molecular weight excluding hydrogens is 364 g/mol. The summed E-state index contributed by atoms with van der Waals surface area (Å²) in [5, 5.41) is 44.8. The zero-order valence-electron chi connectivity index (χ0n) is 17.2. The zero-order valence-corrected chi connectivity index (χ0v) is 17.2. The Bertz CT molecular complexity index is 724. The third kappa shape index (κ3) is 3.04. The highest BCUT2D eigenvalue weighted by Gasteiger charge is 2.59. The lowest BCUT2D eigenvalue weighted by Gasteiger charge is -2.56. The Balaban J connectivity index is 2.12. The first-order valence-electron chi connectivity index (χ1n) is 9.87. The molecule has 1 unspecified atom stereocenters. The SMILES string of the molecule is CC(=O)OOC1C/C2=C/[C@]3(O)CCC(C)=C([C@@H](O)[C@@H](O)[C@]2(C)[C@@H](O)C1)C3(C)C. The second-order valence-corrected chi connectivity index (χ2v) is 9.33. The molecule has 0 aromatic carbocycles. The molecule has 1 fully saturated rings. The number of fused-ring (bicyclic) bond motifs is 3. The number of rotatable bonds is 2. The molecule has 0 amide bonds. The van der Waals surface area contributed by atoms with E-state index in [0.29, 0.717) is 24.0 Å². The normalized spacial score (nSPS) is 44.7. The lowest BCUT2D eigenvalue weighted by Crippen LogP contribution is -2.60. The highest BCUT2D eigenvalue weighted by Crippen LogP contribution is 2.56. The molecule has 4 N–H and O–H groups in total. The summed E-state index contributed by atoms with van der Waals surface area (Å²) in [4.78, 5) is 20.9. The maximum absolute atomic E-state index is 11.6. The van der Waals surface area contributed by atoms with Gasteiger partial charge in [0.1, 0.15) is 12.2 Å². The Kier molecular flexibility index (Phi) is 5.30. The predicted molar refractivity (Wildman–Crippen MR) is 101 cm³/mol.